The molecule has 0 heterocycles. The molecule has 0 bridgehead atoms. The van der Waals surface area contributed by atoms with Gasteiger partial charge in [-0.25, -0.2) is 0 Å². The first-order chi connectivity index (χ1) is 8.95. The third-order valence-electron chi connectivity index (χ3n) is 2.85. The van der Waals surface area contributed by atoms with E-state index in [1.807, 2.05) is 27.7 Å². The Labute approximate surface area is 118 Å². The van der Waals surface area contributed by atoms with Crippen LogP contribution in [0.2, 0.25) is 0 Å². The van der Waals surface area contributed by atoms with Gasteiger partial charge in [0.25, 0.3) is 0 Å². The normalized spacial score (nSPS) is 22.1. The van der Waals surface area contributed by atoms with Crippen molar-refractivity contribution in [2.24, 2.45) is 5.73 Å². The molecule has 0 spiro atoms. The average molecular weight is 279 g/mol. The molecule has 1 aliphatic carbocycles. The number of rotatable bonds is 5. The number of aliphatic hydroxyl groups is 1. The summed E-state index contributed by atoms with van der Waals surface area (Å²) in [6.45, 7) is 8.28. The maximum absolute atomic E-state index is 8.44. The summed E-state index contributed by atoms with van der Waals surface area (Å²) in [7, 11) is 3.23. The van der Waals surface area contributed by atoms with Gasteiger partial charge in [0, 0.05) is 20.3 Å². The number of hydrogen-bond donors (Lipinski definition) is 2. The molecule has 1 aliphatic rings. The number of ether oxygens (including phenoxy) is 3. The lowest BCUT2D eigenvalue weighted by Gasteiger charge is -2.19. The minimum absolute atomic E-state index is 0.117. The highest BCUT2D eigenvalue weighted by atomic mass is 16.7. The summed E-state index contributed by atoms with van der Waals surface area (Å²) in [5.74, 6) is -0.417. The van der Waals surface area contributed by atoms with Crippen molar-refractivity contribution in [3.63, 3.8) is 0 Å². The van der Waals surface area contributed by atoms with Crippen molar-refractivity contribution in [2.45, 2.75) is 64.9 Å². The van der Waals surface area contributed by atoms with Gasteiger partial charge >= 0.3 is 0 Å². The maximum atomic E-state index is 8.44. The van der Waals surface area contributed by atoms with Crippen molar-refractivity contribution in [1.29, 1.82) is 0 Å². The van der Waals surface area contributed by atoms with Crippen LogP contribution < -0.4 is 5.73 Å². The Bertz CT molecular complexity index is 182. The Balaban J connectivity index is 0. The molecule has 3 N–H and O–H groups in total. The Hall–Kier alpha value is -0.200. The lowest BCUT2D eigenvalue weighted by Crippen LogP contribution is -2.24. The molecule has 19 heavy (non-hydrogen) atoms. The second kappa shape index (κ2) is 12.8. The van der Waals surface area contributed by atoms with Crippen LogP contribution in [0.5, 0.6) is 0 Å². The minimum atomic E-state index is -0.417. The molecule has 0 radical (unpaired) electrons. The SMILES string of the molecule is CC.COC(C)(C)OC.NC1CCC(OCCO)C1. The van der Waals surface area contributed by atoms with Crippen molar-refractivity contribution in [2.75, 3.05) is 27.4 Å². The third kappa shape index (κ3) is 12.6. The molecule has 0 aromatic rings. The first-order valence-corrected chi connectivity index (χ1v) is 7.03. The molecular weight excluding hydrogens is 246 g/mol. The highest BCUT2D eigenvalue weighted by Gasteiger charge is 2.21. The summed E-state index contributed by atoms with van der Waals surface area (Å²) in [6.07, 6.45) is 3.39. The highest BCUT2D eigenvalue weighted by molar-refractivity contribution is 4.77. The largest absolute Gasteiger partial charge is 0.394 e. The topological polar surface area (TPSA) is 73.9 Å². The summed E-state index contributed by atoms with van der Waals surface area (Å²) in [4.78, 5) is 0. The average Bonchev–Trinajstić information content (AvgIpc) is 2.85. The Morgan fingerprint density at radius 1 is 1.16 bits per heavy atom. The van der Waals surface area contributed by atoms with Crippen LogP contribution >= 0.6 is 0 Å². The third-order valence-corrected chi connectivity index (χ3v) is 2.85. The van der Waals surface area contributed by atoms with Gasteiger partial charge in [0.15, 0.2) is 5.79 Å². The second-order valence-corrected chi connectivity index (χ2v) is 4.60. The second-order valence-electron chi connectivity index (χ2n) is 4.60. The summed E-state index contributed by atoms with van der Waals surface area (Å²) in [5, 5.41) is 8.44. The van der Waals surface area contributed by atoms with E-state index in [4.69, 9.17) is 25.1 Å². The molecule has 0 amide bonds. The van der Waals surface area contributed by atoms with Crippen molar-refractivity contribution in [1.82, 2.24) is 0 Å². The van der Waals surface area contributed by atoms with Gasteiger partial charge in [-0.2, -0.15) is 0 Å². The van der Waals surface area contributed by atoms with E-state index in [0.29, 0.717) is 18.8 Å². The van der Waals surface area contributed by atoms with Crippen molar-refractivity contribution >= 4 is 0 Å². The first-order valence-electron chi connectivity index (χ1n) is 7.03. The van der Waals surface area contributed by atoms with Crippen LogP contribution in [0.15, 0.2) is 0 Å². The molecule has 0 aromatic heterocycles. The summed E-state index contributed by atoms with van der Waals surface area (Å²) in [5.41, 5.74) is 5.65. The molecule has 0 saturated heterocycles. The fourth-order valence-corrected chi connectivity index (χ4v) is 1.43. The van der Waals surface area contributed by atoms with Crippen LogP contribution in [0.25, 0.3) is 0 Å². The molecule has 5 nitrogen and oxygen atoms in total. The van der Waals surface area contributed by atoms with E-state index in [0.717, 1.165) is 19.3 Å². The summed E-state index contributed by atoms with van der Waals surface area (Å²) in [6, 6.07) is 0.323. The van der Waals surface area contributed by atoms with Crippen LogP contribution in [0.4, 0.5) is 0 Å². The van der Waals surface area contributed by atoms with E-state index in [2.05, 4.69) is 0 Å². The van der Waals surface area contributed by atoms with E-state index in [-0.39, 0.29) is 6.61 Å². The first kappa shape index (κ1) is 21.1. The van der Waals surface area contributed by atoms with Crippen LogP contribution in [-0.2, 0) is 14.2 Å². The van der Waals surface area contributed by atoms with E-state index >= 15 is 0 Å². The van der Waals surface area contributed by atoms with Gasteiger partial charge in [-0.05, 0) is 33.1 Å². The van der Waals surface area contributed by atoms with E-state index in [9.17, 15) is 0 Å². The number of aliphatic hydroxyl groups excluding tert-OH is 1. The van der Waals surface area contributed by atoms with E-state index in [1.165, 1.54) is 0 Å². The molecule has 1 rings (SSSR count). The van der Waals surface area contributed by atoms with Crippen LogP contribution in [0.1, 0.15) is 47.0 Å². The lowest BCUT2D eigenvalue weighted by atomic mass is 10.3. The Morgan fingerprint density at radius 3 is 1.95 bits per heavy atom. The zero-order valence-electron chi connectivity index (χ0n) is 13.4. The molecule has 2 unspecified atom stereocenters. The zero-order valence-corrected chi connectivity index (χ0v) is 13.4. The molecular formula is C14H33NO4. The predicted octanol–water partition coefficient (Wildman–Crippen LogP) is 1.92. The quantitative estimate of drug-likeness (QED) is 0.752. The van der Waals surface area contributed by atoms with Gasteiger partial charge in [0.2, 0.25) is 0 Å². The van der Waals surface area contributed by atoms with Gasteiger partial charge in [0.05, 0.1) is 19.3 Å². The van der Waals surface area contributed by atoms with Gasteiger partial charge < -0.3 is 25.1 Å². The molecule has 5 heteroatoms. The smallest absolute Gasteiger partial charge is 0.161 e. The minimum Gasteiger partial charge on any atom is -0.394 e. The highest BCUT2D eigenvalue weighted by Crippen LogP contribution is 2.19. The number of nitrogens with two attached hydrogens (primary N) is 1. The molecule has 2 atom stereocenters. The van der Waals surface area contributed by atoms with Gasteiger partial charge in [0.1, 0.15) is 0 Å². The van der Waals surface area contributed by atoms with Crippen LogP contribution in [0.3, 0.4) is 0 Å². The Kier molecular flexibility index (Phi) is 14.2. The molecule has 1 saturated carbocycles. The monoisotopic (exact) mass is 279 g/mol. The van der Waals surface area contributed by atoms with Gasteiger partial charge in [-0.15, -0.1) is 0 Å². The van der Waals surface area contributed by atoms with Gasteiger partial charge in [-0.3, -0.25) is 0 Å². The number of hydrogen-bond acceptors (Lipinski definition) is 5. The van der Waals surface area contributed by atoms with E-state index < -0.39 is 5.79 Å². The Morgan fingerprint density at radius 2 is 1.68 bits per heavy atom. The molecule has 118 valence electrons. The van der Waals surface area contributed by atoms with Crippen LogP contribution in [0, 0.1) is 0 Å². The lowest BCUT2D eigenvalue weighted by molar-refractivity contribution is -0.178. The standard InChI is InChI=1S/C7H15NO2.C5H12O2.C2H6/c8-6-1-2-7(5-6)10-4-3-9;1-5(2,6-3)7-4;1-2/h6-7,9H,1-5,8H2;1-4H3;1-2H3. The predicted molar refractivity (Wildman–Crippen MR) is 78.1 cm³/mol. The van der Waals surface area contributed by atoms with Crippen molar-refractivity contribution in [3.8, 4) is 0 Å². The molecule has 0 aromatic carbocycles. The fourth-order valence-electron chi connectivity index (χ4n) is 1.43. The maximum Gasteiger partial charge on any atom is 0.161 e. The van der Waals surface area contributed by atoms with Crippen LogP contribution in [-0.4, -0.2) is 50.5 Å². The van der Waals surface area contributed by atoms with Crippen molar-refractivity contribution in [3.05, 3.63) is 0 Å². The number of methoxy groups -OCH3 is 2. The van der Waals surface area contributed by atoms with Crippen molar-refractivity contribution < 1.29 is 19.3 Å². The van der Waals surface area contributed by atoms with E-state index in [1.54, 1.807) is 14.2 Å². The fraction of sp³-hybridized carbons (Fsp3) is 1.00. The van der Waals surface area contributed by atoms with Gasteiger partial charge in [-0.1, -0.05) is 13.8 Å². The molecule has 0 aliphatic heterocycles. The zero-order chi connectivity index (χ0) is 15.3. The summed E-state index contributed by atoms with van der Waals surface area (Å²) >= 11 is 0. The molecule has 1 fully saturated rings. The summed E-state index contributed by atoms with van der Waals surface area (Å²) < 4.78 is 15.0.